The highest BCUT2D eigenvalue weighted by atomic mass is 16.1. The maximum Gasteiger partial charge on any atom is 0.268 e. The monoisotopic (exact) mass is 272 g/mol. The fourth-order valence-corrected chi connectivity index (χ4v) is 2.62. The summed E-state index contributed by atoms with van der Waals surface area (Å²) in [5.74, 6) is 0. The van der Waals surface area contributed by atoms with Gasteiger partial charge in [0.1, 0.15) is 0 Å². The van der Waals surface area contributed by atoms with Crippen molar-refractivity contribution in [2.45, 2.75) is 52.4 Å². The molecule has 0 bridgehead atoms. The Morgan fingerprint density at radius 1 is 1.15 bits per heavy atom. The van der Waals surface area contributed by atoms with Crippen LogP contribution in [0.5, 0.6) is 0 Å². The van der Waals surface area contributed by atoms with Gasteiger partial charge in [0, 0.05) is 11.3 Å². The van der Waals surface area contributed by atoms with Gasteiger partial charge in [-0.1, -0.05) is 52.3 Å². The van der Waals surface area contributed by atoms with Crippen LogP contribution in [-0.2, 0) is 11.8 Å². The van der Waals surface area contributed by atoms with E-state index in [1.165, 1.54) is 0 Å². The van der Waals surface area contributed by atoms with Gasteiger partial charge in [-0.05, 0) is 30.4 Å². The molecule has 2 rings (SSSR count). The first kappa shape index (κ1) is 14.6. The maximum atomic E-state index is 12.4. The number of rotatable bonds is 4. The van der Waals surface area contributed by atoms with Crippen molar-refractivity contribution in [1.29, 1.82) is 0 Å². The number of hydrogen-bond donors (Lipinski definition) is 1. The third kappa shape index (κ3) is 2.87. The lowest BCUT2D eigenvalue weighted by atomic mass is 9.86. The smallest absolute Gasteiger partial charge is 0.268 e. The lowest BCUT2D eigenvalue weighted by Crippen LogP contribution is -2.22. The molecular formula is C17H24N2O. The molecule has 2 aromatic rings. The topological polar surface area (TPSA) is 37.8 Å². The van der Waals surface area contributed by atoms with Crippen molar-refractivity contribution in [2.24, 2.45) is 0 Å². The van der Waals surface area contributed by atoms with Crippen LogP contribution in [0.2, 0.25) is 0 Å². The van der Waals surface area contributed by atoms with Gasteiger partial charge in [0.2, 0.25) is 0 Å². The van der Waals surface area contributed by atoms with Crippen molar-refractivity contribution in [1.82, 2.24) is 9.78 Å². The minimum Gasteiger partial charge on any atom is -0.268 e. The molecule has 0 unspecified atom stereocenters. The lowest BCUT2D eigenvalue weighted by molar-refractivity contribution is 0.573. The molecule has 1 heterocycles. The van der Waals surface area contributed by atoms with Crippen molar-refractivity contribution in [3.05, 3.63) is 51.9 Å². The van der Waals surface area contributed by atoms with Crippen molar-refractivity contribution in [2.75, 3.05) is 0 Å². The molecular weight excluding hydrogens is 248 g/mol. The summed E-state index contributed by atoms with van der Waals surface area (Å²) in [6.07, 6.45) is 3.14. The molecule has 108 valence electrons. The molecule has 1 aromatic heterocycles. The van der Waals surface area contributed by atoms with Gasteiger partial charge in [0.05, 0.1) is 5.69 Å². The van der Waals surface area contributed by atoms with Gasteiger partial charge < -0.3 is 0 Å². The normalized spacial score (nSPS) is 11.8. The molecule has 0 saturated carbocycles. The number of aromatic nitrogens is 2. The number of unbranched alkanes of at least 4 members (excludes halogenated alkanes) is 1. The number of benzene rings is 1. The second-order valence-corrected chi connectivity index (χ2v) is 6.29. The maximum absolute atomic E-state index is 12.4. The third-order valence-corrected chi connectivity index (χ3v) is 3.53. The van der Waals surface area contributed by atoms with Crippen molar-refractivity contribution < 1.29 is 0 Å². The lowest BCUT2D eigenvalue weighted by Gasteiger charge is -2.19. The van der Waals surface area contributed by atoms with Gasteiger partial charge in [-0.3, -0.25) is 14.6 Å². The molecule has 3 nitrogen and oxygen atoms in total. The molecule has 0 amide bonds. The summed E-state index contributed by atoms with van der Waals surface area (Å²) >= 11 is 0. The summed E-state index contributed by atoms with van der Waals surface area (Å²) < 4.78 is 1.96. The van der Waals surface area contributed by atoms with Crippen LogP contribution in [0.4, 0.5) is 0 Å². The Labute approximate surface area is 120 Å². The fourth-order valence-electron chi connectivity index (χ4n) is 2.62. The highest BCUT2D eigenvalue weighted by molar-refractivity contribution is 5.37. The Balaban J connectivity index is 2.61. The molecule has 20 heavy (non-hydrogen) atoms. The van der Waals surface area contributed by atoms with E-state index >= 15 is 0 Å². The summed E-state index contributed by atoms with van der Waals surface area (Å²) in [4.78, 5) is 12.4. The van der Waals surface area contributed by atoms with E-state index in [1.807, 2.05) is 35.0 Å². The zero-order valence-electron chi connectivity index (χ0n) is 12.9. The SMILES string of the molecule is CCCCc1c(C(C)(C)C)c(=O)[nH]n1-c1ccccc1. The van der Waals surface area contributed by atoms with E-state index in [-0.39, 0.29) is 11.0 Å². The molecule has 0 aliphatic carbocycles. The van der Waals surface area contributed by atoms with E-state index in [2.05, 4.69) is 32.8 Å². The summed E-state index contributed by atoms with van der Waals surface area (Å²) in [6, 6.07) is 10.0. The van der Waals surface area contributed by atoms with Crippen LogP contribution >= 0.6 is 0 Å². The summed E-state index contributed by atoms with van der Waals surface area (Å²) in [6.45, 7) is 8.47. The van der Waals surface area contributed by atoms with Gasteiger partial charge >= 0.3 is 0 Å². The molecule has 0 fully saturated rings. The van der Waals surface area contributed by atoms with E-state index in [0.29, 0.717) is 0 Å². The number of hydrogen-bond acceptors (Lipinski definition) is 1. The largest absolute Gasteiger partial charge is 0.268 e. The van der Waals surface area contributed by atoms with Crippen LogP contribution < -0.4 is 5.56 Å². The van der Waals surface area contributed by atoms with Crippen LogP contribution in [0.3, 0.4) is 0 Å². The summed E-state index contributed by atoms with van der Waals surface area (Å²) in [5.41, 5.74) is 2.94. The van der Waals surface area contributed by atoms with Crippen LogP contribution in [-0.4, -0.2) is 9.78 Å². The van der Waals surface area contributed by atoms with Crippen LogP contribution in [0.25, 0.3) is 5.69 Å². The molecule has 0 saturated heterocycles. The number of para-hydroxylation sites is 1. The van der Waals surface area contributed by atoms with E-state index in [4.69, 9.17) is 0 Å². The molecule has 0 radical (unpaired) electrons. The van der Waals surface area contributed by atoms with Gasteiger partial charge in [-0.25, -0.2) is 0 Å². The molecule has 3 heteroatoms. The molecule has 0 atom stereocenters. The highest BCUT2D eigenvalue weighted by Crippen LogP contribution is 2.25. The summed E-state index contributed by atoms with van der Waals surface area (Å²) in [5, 5.41) is 3.01. The van der Waals surface area contributed by atoms with Crippen molar-refractivity contribution >= 4 is 0 Å². The van der Waals surface area contributed by atoms with Gasteiger partial charge in [0.25, 0.3) is 5.56 Å². The van der Waals surface area contributed by atoms with E-state index in [1.54, 1.807) is 0 Å². The number of nitrogens with one attached hydrogen (secondary N) is 1. The minimum absolute atomic E-state index is 0.0347. The van der Waals surface area contributed by atoms with Crippen LogP contribution in [0.15, 0.2) is 35.1 Å². The molecule has 0 spiro atoms. The quantitative estimate of drug-likeness (QED) is 0.903. The van der Waals surface area contributed by atoms with Gasteiger partial charge in [0.15, 0.2) is 0 Å². The Kier molecular flexibility index (Phi) is 4.17. The summed E-state index contributed by atoms with van der Waals surface area (Å²) in [7, 11) is 0. The Morgan fingerprint density at radius 3 is 2.35 bits per heavy atom. The Morgan fingerprint density at radius 2 is 1.80 bits per heavy atom. The zero-order valence-corrected chi connectivity index (χ0v) is 12.9. The standard InChI is InChI=1S/C17H24N2O/c1-5-6-12-14-15(17(2,3)4)16(20)18-19(14)13-10-8-7-9-11-13/h7-11H,5-6,12H2,1-4H3,(H,18,20). The van der Waals surface area contributed by atoms with Crippen LogP contribution in [0.1, 0.15) is 51.8 Å². The molecule has 0 aliphatic heterocycles. The second kappa shape index (κ2) is 5.70. The highest BCUT2D eigenvalue weighted by Gasteiger charge is 2.25. The van der Waals surface area contributed by atoms with E-state index in [9.17, 15) is 4.79 Å². The average Bonchev–Trinajstić information content (AvgIpc) is 2.74. The predicted octanol–water partition coefficient (Wildman–Crippen LogP) is 3.81. The first-order valence-electron chi connectivity index (χ1n) is 7.35. The van der Waals surface area contributed by atoms with Crippen LogP contribution in [0, 0.1) is 0 Å². The Bertz CT molecular complexity index is 615. The van der Waals surface area contributed by atoms with Crippen molar-refractivity contribution in [3.63, 3.8) is 0 Å². The minimum atomic E-state index is -0.142. The Hall–Kier alpha value is -1.77. The first-order chi connectivity index (χ1) is 9.45. The average molecular weight is 272 g/mol. The molecule has 1 aromatic carbocycles. The number of H-pyrrole nitrogens is 1. The van der Waals surface area contributed by atoms with E-state index in [0.717, 1.165) is 36.2 Å². The zero-order chi connectivity index (χ0) is 14.8. The first-order valence-corrected chi connectivity index (χ1v) is 7.35. The van der Waals surface area contributed by atoms with Gasteiger partial charge in [-0.15, -0.1) is 0 Å². The van der Waals surface area contributed by atoms with E-state index < -0.39 is 0 Å². The second-order valence-electron chi connectivity index (χ2n) is 6.29. The number of nitrogens with zero attached hydrogens (tertiary/aromatic N) is 1. The number of aromatic amines is 1. The van der Waals surface area contributed by atoms with Gasteiger partial charge in [-0.2, -0.15) is 0 Å². The third-order valence-electron chi connectivity index (χ3n) is 3.53. The fraction of sp³-hybridized carbons (Fsp3) is 0.471. The molecule has 0 aliphatic rings. The van der Waals surface area contributed by atoms with Crippen molar-refractivity contribution in [3.8, 4) is 5.69 Å². The predicted molar refractivity (Wildman–Crippen MR) is 83.7 cm³/mol. The molecule has 1 N–H and O–H groups in total.